The molecule has 266 valence electrons. The molecule has 0 saturated heterocycles. The highest BCUT2D eigenvalue weighted by Crippen LogP contribution is 2.31. The van der Waals surface area contributed by atoms with Crippen LogP contribution in [0.4, 0.5) is 29.3 Å². The van der Waals surface area contributed by atoms with Crippen molar-refractivity contribution in [2.75, 3.05) is 44.0 Å². The van der Waals surface area contributed by atoms with Crippen molar-refractivity contribution in [1.29, 1.82) is 0 Å². The van der Waals surface area contributed by atoms with Gasteiger partial charge in [0.25, 0.3) is 5.91 Å². The molecule has 3 amide bonds. The van der Waals surface area contributed by atoms with E-state index in [0.29, 0.717) is 25.4 Å². The maximum atomic E-state index is 14.3. The second kappa shape index (κ2) is 17.5. The number of rotatable bonds is 8. The van der Waals surface area contributed by atoms with Crippen LogP contribution in [0.3, 0.4) is 0 Å². The predicted molar refractivity (Wildman–Crippen MR) is 182 cm³/mol. The Kier molecular flexibility index (Phi) is 13.4. The second-order valence-corrected chi connectivity index (χ2v) is 12.7. The number of amides is 3. The zero-order valence-electron chi connectivity index (χ0n) is 28.4. The van der Waals surface area contributed by atoms with Crippen molar-refractivity contribution in [3.05, 3.63) is 83.7 Å². The number of hydrogen-bond donors (Lipinski definition) is 3. The fourth-order valence-electron chi connectivity index (χ4n) is 5.67. The van der Waals surface area contributed by atoms with E-state index in [1.54, 1.807) is 36.4 Å². The van der Waals surface area contributed by atoms with E-state index >= 15 is 0 Å². The van der Waals surface area contributed by atoms with Gasteiger partial charge in [-0.3, -0.25) is 14.7 Å². The van der Waals surface area contributed by atoms with E-state index in [2.05, 4.69) is 20.5 Å². The van der Waals surface area contributed by atoms with Crippen molar-refractivity contribution in [1.82, 2.24) is 14.8 Å². The highest BCUT2D eigenvalue weighted by molar-refractivity contribution is 6.02. The highest BCUT2D eigenvalue weighted by atomic mass is 19.4. The molecule has 4 rings (SSSR count). The van der Waals surface area contributed by atoms with Crippen LogP contribution in [0.25, 0.3) is 0 Å². The molecule has 1 aromatic heterocycles. The van der Waals surface area contributed by atoms with Crippen LogP contribution in [0.1, 0.15) is 61.5 Å². The Hall–Kier alpha value is -4.20. The number of alkyl halides is 3. The highest BCUT2D eigenvalue weighted by Gasteiger charge is 2.31. The second-order valence-electron chi connectivity index (χ2n) is 12.7. The minimum atomic E-state index is -4.49. The Labute approximate surface area is 285 Å². The van der Waals surface area contributed by atoms with Crippen LogP contribution in [-0.4, -0.2) is 83.4 Å². The number of likely N-dealkylation sites (N-methyl/N-ethyl adjacent to an activating group) is 1. The number of benzene rings is 2. The Morgan fingerprint density at radius 2 is 1.73 bits per heavy atom. The molecule has 0 saturated carbocycles. The van der Waals surface area contributed by atoms with E-state index in [1.807, 2.05) is 33.0 Å². The molecule has 0 aliphatic carbocycles. The third kappa shape index (κ3) is 11.2. The van der Waals surface area contributed by atoms with Gasteiger partial charge in [-0.25, -0.2) is 4.79 Å². The minimum Gasteiger partial charge on any atom is -0.490 e. The lowest BCUT2D eigenvalue weighted by Crippen LogP contribution is -2.47. The number of halogens is 3. The van der Waals surface area contributed by atoms with Gasteiger partial charge in [0.05, 0.1) is 36.0 Å². The lowest BCUT2D eigenvalue weighted by Gasteiger charge is -2.36. The number of nitrogens with one attached hydrogen (secondary N) is 2. The Balaban J connectivity index is 1.57. The summed E-state index contributed by atoms with van der Waals surface area (Å²) in [4.78, 5) is 35.0. The molecule has 0 spiro atoms. The number of hydrogen-bond acceptors (Lipinski definition) is 7. The molecule has 0 radical (unpaired) electrons. The first kappa shape index (κ1) is 37.6. The quantitative estimate of drug-likeness (QED) is 0.243. The average molecular weight is 686 g/mol. The van der Waals surface area contributed by atoms with E-state index in [1.165, 1.54) is 6.07 Å². The first-order valence-corrected chi connectivity index (χ1v) is 16.5. The van der Waals surface area contributed by atoms with Gasteiger partial charge in [-0.1, -0.05) is 6.92 Å². The number of carbonyl (C=O) groups excluding carboxylic acids is 2. The van der Waals surface area contributed by atoms with Crippen molar-refractivity contribution >= 4 is 23.3 Å². The van der Waals surface area contributed by atoms with Crippen LogP contribution in [0.2, 0.25) is 0 Å². The monoisotopic (exact) mass is 685 g/mol. The van der Waals surface area contributed by atoms with Gasteiger partial charge in [0.1, 0.15) is 5.75 Å². The molecule has 4 atom stereocenters. The molecule has 13 heteroatoms. The predicted octanol–water partition coefficient (Wildman–Crippen LogP) is 6.67. The Bertz CT molecular complexity index is 1510. The number of aliphatic hydroxyl groups is 1. The van der Waals surface area contributed by atoms with Gasteiger partial charge in [0, 0.05) is 55.9 Å². The van der Waals surface area contributed by atoms with Crippen molar-refractivity contribution in [2.45, 2.75) is 71.0 Å². The van der Waals surface area contributed by atoms with Crippen molar-refractivity contribution in [3.63, 3.8) is 0 Å². The number of fused-ring (bicyclic) bond motifs is 1. The molecule has 2 heterocycles. The summed E-state index contributed by atoms with van der Waals surface area (Å²) in [6.45, 7) is 7.63. The first-order chi connectivity index (χ1) is 23.3. The third-order valence-electron chi connectivity index (χ3n) is 8.47. The minimum absolute atomic E-state index is 0.111. The molecule has 0 fully saturated rings. The number of pyridine rings is 1. The Morgan fingerprint density at radius 1 is 1.06 bits per heavy atom. The summed E-state index contributed by atoms with van der Waals surface area (Å²) < 4.78 is 51.5. The van der Waals surface area contributed by atoms with Gasteiger partial charge in [0.2, 0.25) is 0 Å². The lowest BCUT2D eigenvalue weighted by atomic mass is 10.0. The molecule has 10 nitrogen and oxygen atoms in total. The van der Waals surface area contributed by atoms with Crippen LogP contribution < -0.4 is 15.4 Å². The van der Waals surface area contributed by atoms with Crippen molar-refractivity contribution in [2.24, 2.45) is 5.92 Å². The van der Waals surface area contributed by atoms with Crippen LogP contribution in [0.5, 0.6) is 5.75 Å². The zero-order chi connectivity index (χ0) is 35.6. The number of ether oxygens (including phenoxy) is 2. The first-order valence-electron chi connectivity index (χ1n) is 16.5. The summed E-state index contributed by atoms with van der Waals surface area (Å²) in [6, 6.07) is 11.5. The largest absolute Gasteiger partial charge is 0.490 e. The SMILES string of the molecule is C[C@@H]1CCCCO[C@@H](CN(C)Cc2ccncc2)[C@H](C)CN([C@H](C)CO)C(=O)c2cc(NC(=O)Nc3ccc(C(F)(F)F)cc3)ccc2O1. The number of urea groups is 1. The topological polar surface area (TPSA) is 116 Å². The van der Waals surface area contributed by atoms with E-state index in [-0.39, 0.29) is 54.1 Å². The molecule has 1 aliphatic rings. The normalized spacial score (nSPS) is 20.1. The molecule has 2 aromatic carbocycles. The summed E-state index contributed by atoms with van der Waals surface area (Å²) >= 11 is 0. The average Bonchev–Trinajstić information content (AvgIpc) is 3.06. The van der Waals surface area contributed by atoms with E-state index < -0.39 is 23.8 Å². The summed E-state index contributed by atoms with van der Waals surface area (Å²) in [7, 11) is 2.03. The maximum absolute atomic E-state index is 14.3. The molecule has 3 aromatic rings. The fourth-order valence-corrected chi connectivity index (χ4v) is 5.67. The van der Waals surface area contributed by atoms with E-state index in [0.717, 1.165) is 49.1 Å². The fraction of sp³-hybridized carbons (Fsp3) is 0.472. The van der Waals surface area contributed by atoms with Gasteiger partial charge in [-0.05, 0) is 100 Å². The molecule has 3 N–H and O–H groups in total. The molecule has 1 aliphatic heterocycles. The number of nitrogens with zero attached hydrogens (tertiary/aromatic N) is 3. The van der Waals surface area contributed by atoms with Crippen LogP contribution in [0.15, 0.2) is 67.0 Å². The summed E-state index contributed by atoms with van der Waals surface area (Å²) in [5, 5.41) is 15.4. The maximum Gasteiger partial charge on any atom is 0.416 e. The molecule has 49 heavy (non-hydrogen) atoms. The van der Waals surface area contributed by atoms with Gasteiger partial charge >= 0.3 is 12.2 Å². The van der Waals surface area contributed by atoms with E-state index in [4.69, 9.17) is 9.47 Å². The number of anilines is 2. The lowest BCUT2D eigenvalue weighted by molar-refractivity contribution is -0.137. The standard InChI is InChI=1S/C36H46F3N5O5/c1-24-20-44(25(2)23-45)34(46)31-19-30(42-35(47)41-29-10-8-28(9-11-29)36(37,38)39)12-13-32(31)49-26(3)7-5-6-18-48-33(24)22-43(4)21-27-14-16-40-17-15-27/h8-17,19,24-26,33,45H,5-7,18,20-23H2,1-4H3,(H2,41,42,47)/t24-,25-,26-,33+/m1/s1. The Morgan fingerprint density at radius 3 is 2.41 bits per heavy atom. The van der Waals surface area contributed by atoms with Crippen LogP contribution in [-0.2, 0) is 17.5 Å². The molecular formula is C36H46F3N5O5. The summed E-state index contributed by atoms with van der Waals surface area (Å²) in [6.07, 6.45) is 1.03. The van der Waals surface area contributed by atoms with Crippen molar-refractivity contribution < 1.29 is 37.3 Å². The summed E-state index contributed by atoms with van der Waals surface area (Å²) in [5.41, 5.74) is 0.939. The third-order valence-corrected chi connectivity index (χ3v) is 8.47. The molecular weight excluding hydrogens is 639 g/mol. The van der Waals surface area contributed by atoms with Gasteiger partial charge in [-0.2, -0.15) is 13.2 Å². The van der Waals surface area contributed by atoms with E-state index in [9.17, 15) is 27.9 Å². The number of aromatic nitrogens is 1. The smallest absolute Gasteiger partial charge is 0.416 e. The van der Waals surface area contributed by atoms with Crippen LogP contribution >= 0.6 is 0 Å². The van der Waals surface area contributed by atoms with Crippen molar-refractivity contribution in [3.8, 4) is 5.75 Å². The van der Waals surface area contributed by atoms with Crippen LogP contribution in [0, 0.1) is 5.92 Å². The number of aliphatic hydroxyl groups excluding tert-OH is 1. The summed E-state index contributed by atoms with van der Waals surface area (Å²) in [5.74, 6) is -0.154. The molecule has 0 bridgehead atoms. The van der Waals surface area contributed by atoms with Gasteiger partial charge in [0.15, 0.2) is 0 Å². The van der Waals surface area contributed by atoms with Gasteiger partial charge < -0.3 is 30.1 Å². The molecule has 0 unspecified atom stereocenters. The number of carbonyl (C=O) groups is 2. The van der Waals surface area contributed by atoms with Gasteiger partial charge in [-0.15, -0.1) is 0 Å². The zero-order valence-corrected chi connectivity index (χ0v) is 28.4.